The molecule has 0 aliphatic heterocycles. The van der Waals surface area contributed by atoms with Crippen molar-refractivity contribution in [2.75, 3.05) is 0 Å². The molecule has 2 N–H and O–H groups in total. The largest absolute Gasteiger partial charge is 0.478 e. The molecule has 1 aliphatic carbocycles. The summed E-state index contributed by atoms with van der Waals surface area (Å²) >= 11 is 1.57. The molecular formula is C16H16N2O3S. The second-order valence-corrected chi connectivity index (χ2v) is 6.39. The topological polar surface area (TPSA) is 79.3 Å². The highest BCUT2D eigenvalue weighted by atomic mass is 32.1. The number of carboxylic acids is 1. The molecule has 3 rings (SSSR count). The molecule has 1 unspecified atom stereocenters. The number of thiazole rings is 1. The summed E-state index contributed by atoms with van der Waals surface area (Å²) in [6.07, 6.45) is 2.20. The predicted molar refractivity (Wildman–Crippen MR) is 83.2 cm³/mol. The number of nitrogens with one attached hydrogen (secondary N) is 1. The van der Waals surface area contributed by atoms with Gasteiger partial charge >= 0.3 is 5.97 Å². The lowest BCUT2D eigenvalue weighted by atomic mass is 10.1. The van der Waals surface area contributed by atoms with Gasteiger partial charge in [-0.05, 0) is 49.9 Å². The Hall–Kier alpha value is -2.21. The number of carbonyl (C=O) groups excluding carboxylic acids is 1. The van der Waals surface area contributed by atoms with Crippen molar-refractivity contribution < 1.29 is 14.7 Å². The van der Waals surface area contributed by atoms with E-state index in [0.29, 0.717) is 11.5 Å². The van der Waals surface area contributed by atoms with Crippen LogP contribution >= 0.6 is 11.3 Å². The fraction of sp³-hybridized carbons (Fsp3) is 0.312. The van der Waals surface area contributed by atoms with Gasteiger partial charge in [0.25, 0.3) is 5.91 Å². The maximum atomic E-state index is 12.4. The van der Waals surface area contributed by atoms with Gasteiger partial charge in [-0.3, -0.25) is 4.79 Å². The van der Waals surface area contributed by atoms with Gasteiger partial charge < -0.3 is 10.4 Å². The smallest absolute Gasteiger partial charge is 0.335 e. The zero-order valence-electron chi connectivity index (χ0n) is 12.1. The van der Waals surface area contributed by atoms with Crippen LogP contribution in [0.15, 0.2) is 29.6 Å². The Morgan fingerprint density at radius 1 is 1.27 bits per heavy atom. The van der Waals surface area contributed by atoms with Crippen molar-refractivity contribution in [1.29, 1.82) is 0 Å². The van der Waals surface area contributed by atoms with Gasteiger partial charge in [0, 0.05) is 16.6 Å². The van der Waals surface area contributed by atoms with Gasteiger partial charge in [0.2, 0.25) is 0 Å². The van der Waals surface area contributed by atoms with E-state index in [1.165, 1.54) is 24.3 Å². The summed E-state index contributed by atoms with van der Waals surface area (Å²) in [4.78, 5) is 27.7. The van der Waals surface area contributed by atoms with Gasteiger partial charge in [-0.15, -0.1) is 11.3 Å². The molecule has 1 atom stereocenters. The molecule has 1 aromatic carbocycles. The Morgan fingerprint density at radius 2 is 1.91 bits per heavy atom. The van der Waals surface area contributed by atoms with Gasteiger partial charge in [-0.1, -0.05) is 0 Å². The third-order valence-electron chi connectivity index (χ3n) is 3.68. The lowest BCUT2D eigenvalue weighted by Crippen LogP contribution is -2.29. The number of carboxylic acid groups (broad SMARTS) is 1. The highest BCUT2D eigenvalue weighted by Crippen LogP contribution is 2.41. The summed E-state index contributed by atoms with van der Waals surface area (Å²) < 4.78 is 0. The van der Waals surface area contributed by atoms with Crippen LogP contribution in [-0.4, -0.2) is 22.0 Å². The Labute approximate surface area is 132 Å². The van der Waals surface area contributed by atoms with E-state index in [-0.39, 0.29) is 17.5 Å². The molecule has 1 fully saturated rings. The molecule has 0 spiro atoms. The quantitative estimate of drug-likeness (QED) is 0.888. The highest BCUT2D eigenvalue weighted by molar-refractivity contribution is 7.09. The van der Waals surface area contributed by atoms with E-state index in [2.05, 4.69) is 10.3 Å². The molecule has 6 heteroatoms. The molecule has 1 amide bonds. The van der Waals surface area contributed by atoms with Gasteiger partial charge in [0.15, 0.2) is 0 Å². The second-order valence-electron chi connectivity index (χ2n) is 5.50. The van der Waals surface area contributed by atoms with Crippen molar-refractivity contribution in [3.63, 3.8) is 0 Å². The van der Waals surface area contributed by atoms with Crippen molar-refractivity contribution in [3.8, 4) is 0 Å². The summed E-state index contributed by atoms with van der Waals surface area (Å²) in [6, 6.07) is 5.91. The van der Waals surface area contributed by atoms with Crippen molar-refractivity contribution in [1.82, 2.24) is 10.3 Å². The first kappa shape index (κ1) is 14.7. The maximum Gasteiger partial charge on any atom is 0.335 e. The van der Waals surface area contributed by atoms with Crippen molar-refractivity contribution in [2.24, 2.45) is 5.92 Å². The number of nitrogens with zero attached hydrogens (tertiary/aromatic N) is 1. The number of carbonyl (C=O) groups is 2. The molecule has 0 radical (unpaired) electrons. The van der Waals surface area contributed by atoms with Crippen LogP contribution in [0, 0.1) is 12.8 Å². The monoisotopic (exact) mass is 316 g/mol. The molecule has 2 aromatic rings. The normalized spacial score (nSPS) is 15.3. The van der Waals surface area contributed by atoms with Crippen molar-refractivity contribution >= 4 is 23.2 Å². The summed E-state index contributed by atoms with van der Waals surface area (Å²) in [6.45, 7) is 1.94. The zero-order chi connectivity index (χ0) is 15.7. The molecule has 1 saturated carbocycles. The first-order valence-corrected chi connectivity index (χ1v) is 7.99. The molecule has 114 valence electrons. The SMILES string of the molecule is Cc1csc(C(NC(=O)c2ccc(C(=O)O)cc2)C2CC2)n1. The predicted octanol–water partition coefficient (Wildman–Crippen LogP) is 3.03. The van der Waals surface area contributed by atoms with Crippen LogP contribution in [0.2, 0.25) is 0 Å². The Kier molecular flexibility index (Phi) is 3.94. The molecule has 1 aromatic heterocycles. The molecule has 22 heavy (non-hydrogen) atoms. The number of benzene rings is 1. The minimum Gasteiger partial charge on any atom is -0.478 e. The van der Waals surface area contributed by atoms with Crippen LogP contribution in [-0.2, 0) is 0 Å². The summed E-state index contributed by atoms with van der Waals surface area (Å²) in [5, 5.41) is 14.8. The van der Waals surface area contributed by atoms with E-state index in [0.717, 1.165) is 23.5 Å². The van der Waals surface area contributed by atoms with E-state index < -0.39 is 5.97 Å². The molecule has 0 saturated heterocycles. The second kappa shape index (κ2) is 5.88. The van der Waals surface area contributed by atoms with Crippen LogP contribution < -0.4 is 5.32 Å². The van der Waals surface area contributed by atoms with Crippen LogP contribution in [0.3, 0.4) is 0 Å². The van der Waals surface area contributed by atoms with Crippen LogP contribution in [0.4, 0.5) is 0 Å². The number of aryl methyl sites for hydroxylation is 1. The van der Waals surface area contributed by atoms with Crippen molar-refractivity contribution in [2.45, 2.75) is 25.8 Å². The molecule has 1 aliphatic rings. The van der Waals surface area contributed by atoms with E-state index >= 15 is 0 Å². The average molecular weight is 316 g/mol. The number of amides is 1. The first-order valence-electron chi connectivity index (χ1n) is 7.11. The molecule has 1 heterocycles. The molecular weight excluding hydrogens is 300 g/mol. The number of rotatable bonds is 5. The average Bonchev–Trinajstić information content (AvgIpc) is 3.26. The molecule has 5 nitrogen and oxygen atoms in total. The van der Waals surface area contributed by atoms with E-state index in [9.17, 15) is 9.59 Å². The van der Waals surface area contributed by atoms with Crippen LogP contribution in [0.25, 0.3) is 0 Å². The number of hydrogen-bond donors (Lipinski definition) is 2. The Bertz CT molecular complexity index is 704. The number of hydrogen-bond acceptors (Lipinski definition) is 4. The van der Waals surface area contributed by atoms with E-state index in [1.807, 2.05) is 12.3 Å². The fourth-order valence-corrected chi connectivity index (χ4v) is 3.25. The summed E-state index contributed by atoms with van der Waals surface area (Å²) in [5.41, 5.74) is 1.60. The van der Waals surface area contributed by atoms with Gasteiger partial charge in [-0.25, -0.2) is 9.78 Å². The first-order chi connectivity index (χ1) is 10.5. The van der Waals surface area contributed by atoms with E-state index in [1.54, 1.807) is 11.3 Å². The standard InChI is InChI=1S/C16H16N2O3S/c1-9-8-22-15(17-9)13(10-2-3-10)18-14(19)11-4-6-12(7-5-11)16(20)21/h4-8,10,13H,2-3H2,1H3,(H,18,19)(H,20,21). The Morgan fingerprint density at radius 3 is 2.41 bits per heavy atom. The third kappa shape index (κ3) is 3.17. The lowest BCUT2D eigenvalue weighted by Gasteiger charge is -2.16. The van der Waals surface area contributed by atoms with Gasteiger partial charge in [-0.2, -0.15) is 0 Å². The summed E-state index contributed by atoms with van der Waals surface area (Å²) in [7, 11) is 0. The molecule has 0 bridgehead atoms. The van der Waals surface area contributed by atoms with Gasteiger partial charge in [0.05, 0.1) is 11.6 Å². The fourth-order valence-electron chi connectivity index (χ4n) is 2.31. The maximum absolute atomic E-state index is 12.4. The zero-order valence-corrected chi connectivity index (χ0v) is 12.9. The minimum absolute atomic E-state index is 0.0506. The van der Waals surface area contributed by atoms with Crippen molar-refractivity contribution in [3.05, 3.63) is 51.5 Å². The number of aromatic nitrogens is 1. The lowest BCUT2D eigenvalue weighted by molar-refractivity contribution is 0.0696. The Balaban J connectivity index is 1.75. The van der Waals surface area contributed by atoms with E-state index in [4.69, 9.17) is 5.11 Å². The van der Waals surface area contributed by atoms with Crippen LogP contribution in [0.1, 0.15) is 50.3 Å². The highest BCUT2D eigenvalue weighted by Gasteiger charge is 2.35. The van der Waals surface area contributed by atoms with Gasteiger partial charge in [0.1, 0.15) is 5.01 Å². The number of aromatic carboxylic acids is 1. The summed E-state index contributed by atoms with van der Waals surface area (Å²) in [5.74, 6) is -0.740. The third-order valence-corrected chi connectivity index (χ3v) is 4.72. The minimum atomic E-state index is -0.999. The van der Waals surface area contributed by atoms with Crippen LogP contribution in [0.5, 0.6) is 0 Å².